The Morgan fingerprint density at radius 2 is 1.81 bits per heavy atom. The number of imidazole rings is 1. The van der Waals surface area contributed by atoms with E-state index in [1.54, 1.807) is 12.3 Å². The van der Waals surface area contributed by atoms with Gasteiger partial charge in [0.1, 0.15) is 11.6 Å². The van der Waals surface area contributed by atoms with E-state index < -0.39 is 0 Å². The fourth-order valence-corrected chi connectivity index (χ4v) is 3.90. The average molecular weight is 471 g/mol. The molecule has 4 nitrogen and oxygen atoms in total. The Balaban J connectivity index is 1.68. The molecule has 0 radical (unpaired) electrons. The zero-order chi connectivity index (χ0) is 18.1. The van der Waals surface area contributed by atoms with Gasteiger partial charge < -0.3 is 10.1 Å². The summed E-state index contributed by atoms with van der Waals surface area (Å²) in [6.45, 7) is 0. The first-order chi connectivity index (χ1) is 12.6. The molecule has 26 heavy (non-hydrogen) atoms. The van der Waals surface area contributed by atoms with Crippen molar-refractivity contribution in [3.8, 4) is 17.1 Å². The summed E-state index contributed by atoms with van der Waals surface area (Å²) >= 11 is 6.74. The van der Waals surface area contributed by atoms with Gasteiger partial charge in [0.05, 0.1) is 21.2 Å². The molecule has 6 heteroatoms. The lowest BCUT2D eigenvalue weighted by Gasteiger charge is -2.02. The highest BCUT2D eigenvalue weighted by molar-refractivity contribution is 9.11. The quantitative estimate of drug-likeness (QED) is 0.349. The molecule has 0 saturated heterocycles. The predicted molar refractivity (Wildman–Crippen MR) is 112 cm³/mol. The third-order valence-corrected chi connectivity index (χ3v) is 4.99. The van der Waals surface area contributed by atoms with Gasteiger partial charge in [-0.25, -0.2) is 4.98 Å². The van der Waals surface area contributed by atoms with E-state index in [-0.39, 0.29) is 5.75 Å². The number of nitrogens with zero attached hydrogens (tertiary/aromatic N) is 2. The maximum absolute atomic E-state index is 10.1. The molecule has 0 amide bonds. The molecule has 0 fully saturated rings. The summed E-state index contributed by atoms with van der Waals surface area (Å²) in [5, 5.41) is 10.1. The summed E-state index contributed by atoms with van der Waals surface area (Å²) in [6, 6.07) is 19.4. The highest BCUT2D eigenvalue weighted by Crippen LogP contribution is 2.31. The van der Waals surface area contributed by atoms with E-state index >= 15 is 0 Å². The molecule has 1 aromatic heterocycles. The summed E-state index contributed by atoms with van der Waals surface area (Å²) in [5.74, 6) is 0.987. The van der Waals surface area contributed by atoms with Crippen LogP contribution in [0.5, 0.6) is 5.75 Å². The van der Waals surface area contributed by atoms with Crippen molar-refractivity contribution in [2.45, 2.75) is 0 Å². The molecule has 4 aromatic rings. The number of nitrogens with one attached hydrogen (secondary N) is 1. The number of H-pyrrole nitrogens is 1. The largest absolute Gasteiger partial charge is 0.506 e. The third-order valence-electron chi connectivity index (χ3n) is 3.92. The van der Waals surface area contributed by atoms with Crippen LogP contribution in [0.2, 0.25) is 0 Å². The maximum Gasteiger partial charge on any atom is 0.138 e. The molecule has 3 aromatic carbocycles. The summed E-state index contributed by atoms with van der Waals surface area (Å²) in [6.07, 6.45) is 1.64. The number of halogens is 2. The number of fused-ring (bicyclic) bond motifs is 1. The van der Waals surface area contributed by atoms with E-state index in [4.69, 9.17) is 0 Å². The molecule has 1 heterocycles. The van der Waals surface area contributed by atoms with E-state index in [1.807, 2.05) is 54.6 Å². The minimum atomic E-state index is 0.158. The van der Waals surface area contributed by atoms with Crippen molar-refractivity contribution in [1.29, 1.82) is 0 Å². The van der Waals surface area contributed by atoms with Gasteiger partial charge in [-0.3, -0.25) is 4.99 Å². The number of aromatic nitrogens is 2. The molecular formula is C20H13Br2N3O. The molecule has 0 atom stereocenters. The number of benzene rings is 3. The molecular weight excluding hydrogens is 458 g/mol. The van der Waals surface area contributed by atoms with Crippen molar-refractivity contribution in [2.75, 3.05) is 0 Å². The van der Waals surface area contributed by atoms with Crippen molar-refractivity contribution in [3.05, 3.63) is 75.2 Å². The van der Waals surface area contributed by atoms with Crippen LogP contribution in [0, 0.1) is 0 Å². The average Bonchev–Trinajstić information content (AvgIpc) is 3.07. The Hall–Kier alpha value is -2.44. The second-order valence-corrected chi connectivity index (χ2v) is 7.51. The summed E-state index contributed by atoms with van der Waals surface area (Å²) in [4.78, 5) is 12.4. The normalized spacial score (nSPS) is 11.5. The minimum absolute atomic E-state index is 0.158. The highest BCUT2D eigenvalue weighted by atomic mass is 79.9. The fourth-order valence-electron chi connectivity index (χ4n) is 2.64. The van der Waals surface area contributed by atoms with Gasteiger partial charge in [-0.15, -0.1) is 0 Å². The number of hydrogen-bond donors (Lipinski definition) is 2. The first-order valence-electron chi connectivity index (χ1n) is 7.87. The second kappa shape index (κ2) is 7.05. The van der Waals surface area contributed by atoms with Crippen LogP contribution in [-0.2, 0) is 0 Å². The van der Waals surface area contributed by atoms with Gasteiger partial charge in [0.15, 0.2) is 0 Å². The van der Waals surface area contributed by atoms with E-state index in [0.717, 1.165) is 32.6 Å². The van der Waals surface area contributed by atoms with Crippen LogP contribution < -0.4 is 0 Å². The van der Waals surface area contributed by atoms with Crippen LogP contribution in [-0.4, -0.2) is 21.3 Å². The number of aromatic amines is 1. The van der Waals surface area contributed by atoms with Crippen molar-refractivity contribution in [3.63, 3.8) is 0 Å². The SMILES string of the molecule is Oc1c(Br)cc(Br)cc1C=Nc1ccc2nc(-c3ccccc3)[nH]c2c1. The number of rotatable bonds is 3. The van der Waals surface area contributed by atoms with Crippen LogP contribution in [0.15, 0.2) is 74.6 Å². The van der Waals surface area contributed by atoms with Crippen LogP contribution in [0.3, 0.4) is 0 Å². The Kier molecular flexibility index (Phi) is 4.61. The van der Waals surface area contributed by atoms with Gasteiger partial charge in [0.2, 0.25) is 0 Å². The molecule has 4 rings (SSSR count). The molecule has 0 aliphatic rings. The van der Waals surface area contributed by atoms with Gasteiger partial charge in [-0.05, 0) is 46.3 Å². The lowest BCUT2D eigenvalue weighted by Crippen LogP contribution is -1.84. The zero-order valence-corrected chi connectivity index (χ0v) is 16.6. The minimum Gasteiger partial charge on any atom is -0.506 e. The van der Waals surface area contributed by atoms with Crippen molar-refractivity contribution < 1.29 is 5.11 Å². The third kappa shape index (κ3) is 3.43. The number of hydrogen-bond acceptors (Lipinski definition) is 3. The zero-order valence-electron chi connectivity index (χ0n) is 13.4. The lowest BCUT2D eigenvalue weighted by molar-refractivity contribution is 0.471. The van der Waals surface area contributed by atoms with Crippen LogP contribution >= 0.6 is 31.9 Å². The monoisotopic (exact) mass is 469 g/mol. The van der Waals surface area contributed by atoms with Gasteiger partial charge in [-0.2, -0.15) is 0 Å². The van der Waals surface area contributed by atoms with Crippen LogP contribution in [0.1, 0.15) is 5.56 Å². The van der Waals surface area contributed by atoms with Gasteiger partial charge in [0.25, 0.3) is 0 Å². The Bertz CT molecular complexity index is 1120. The van der Waals surface area contributed by atoms with Crippen LogP contribution in [0.25, 0.3) is 22.4 Å². The number of aromatic hydroxyl groups is 1. The Morgan fingerprint density at radius 1 is 1.00 bits per heavy atom. The molecule has 0 unspecified atom stereocenters. The van der Waals surface area contributed by atoms with Crippen molar-refractivity contribution in [2.24, 2.45) is 4.99 Å². The van der Waals surface area contributed by atoms with E-state index in [1.165, 1.54) is 0 Å². The summed E-state index contributed by atoms with van der Waals surface area (Å²) in [5.41, 5.74) is 4.24. The molecule has 0 saturated carbocycles. The summed E-state index contributed by atoms with van der Waals surface area (Å²) < 4.78 is 1.48. The van der Waals surface area contributed by atoms with E-state index in [0.29, 0.717) is 10.0 Å². The van der Waals surface area contributed by atoms with Gasteiger partial charge in [0, 0.05) is 21.8 Å². The molecule has 2 N–H and O–H groups in total. The number of aliphatic imine (C=N–C) groups is 1. The van der Waals surface area contributed by atoms with Gasteiger partial charge >= 0.3 is 0 Å². The molecule has 128 valence electrons. The first-order valence-corrected chi connectivity index (χ1v) is 9.46. The topological polar surface area (TPSA) is 61.3 Å². The highest BCUT2D eigenvalue weighted by Gasteiger charge is 2.07. The van der Waals surface area contributed by atoms with Crippen LogP contribution in [0.4, 0.5) is 5.69 Å². The Morgan fingerprint density at radius 3 is 2.62 bits per heavy atom. The van der Waals surface area contributed by atoms with Crippen molar-refractivity contribution >= 4 is 54.8 Å². The standard InChI is InChI=1S/C20H13Br2N3O/c21-14-8-13(19(26)16(22)9-14)11-23-15-6-7-17-18(10-15)25-20(24-17)12-4-2-1-3-5-12/h1-11,26H,(H,24,25). The van der Waals surface area contributed by atoms with Crippen molar-refractivity contribution in [1.82, 2.24) is 9.97 Å². The molecule has 0 aliphatic carbocycles. The van der Waals surface area contributed by atoms with Gasteiger partial charge in [-0.1, -0.05) is 46.3 Å². The molecule has 0 spiro atoms. The fraction of sp³-hybridized carbons (Fsp3) is 0. The maximum atomic E-state index is 10.1. The lowest BCUT2D eigenvalue weighted by atomic mass is 10.2. The summed E-state index contributed by atoms with van der Waals surface area (Å²) in [7, 11) is 0. The first kappa shape index (κ1) is 17.0. The number of phenolic OH excluding ortho intramolecular Hbond substituents is 1. The smallest absolute Gasteiger partial charge is 0.138 e. The molecule has 0 aliphatic heterocycles. The second-order valence-electron chi connectivity index (χ2n) is 5.74. The number of phenols is 1. The Labute approximate surface area is 166 Å². The van der Waals surface area contributed by atoms with E-state index in [9.17, 15) is 5.11 Å². The molecule has 0 bridgehead atoms. The van der Waals surface area contributed by atoms with E-state index in [2.05, 4.69) is 46.8 Å². The predicted octanol–water partition coefficient (Wildman–Crippen LogP) is 6.21.